The van der Waals surface area contributed by atoms with E-state index in [-0.39, 0.29) is 17.7 Å². The van der Waals surface area contributed by atoms with E-state index >= 15 is 0 Å². The van der Waals surface area contributed by atoms with Crippen molar-refractivity contribution in [2.75, 3.05) is 5.32 Å². The zero-order valence-electron chi connectivity index (χ0n) is 14.1. The van der Waals surface area contributed by atoms with Crippen molar-refractivity contribution in [1.82, 2.24) is 19.6 Å². The Labute approximate surface area is 159 Å². The topological polar surface area (TPSA) is 98.2 Å². The van der Waals surface area contributed by atoms with E-state index in [1.807, 2.05) is 24.4 Å². The van der Waals surface area contributed by atoms with Crippen LogP contribution in [0.2, 0.25) is 0 Å². The van der Waals surface area contributed by atoms with Crippen LogP contribution in [0, 0.1) is 5.92 Å². The fourth-order valence-corrected chi connectivity index (χ4v) is 3.97. The van der Waals surface area contributed by atoms with E-state index in [1.54, 1.807) is 16.9 Å². The third-order valence-corrected chi connectivity index (χ3v) is 5.47. The molecule has 0 aromatic carbocycles. The third kappa shape index (κ3) is 3.16. The summed E-state index contributed by atoms with van der Waals surface area (Å²) >= 11 is 3.51. The van der Waals surface area contributed by atoms with Crippen LogP contribution in [0.25, 0.3) is 5.65 Å². The summed E-state index contributed by atoms with van der Waals surface area (Å²) in [5.74, 6) is 0.484. The molecule has 4 rings (SSSR count). The molecule has 2 unspecified atom stereocenters. The molecule has 1 saturated carbocycles. The summed E-state index contributed by atoms with van der Waals surface area (Å²) in [5, 5.41) is 7.80. The second kappa shape index (κ2) is 7.03. The Morgan fingerprint density at radius 2 is 2.27 bits per heavy atom. The van der Waals surface area contributed by atoms with Crippen LogP contribution in [0.1, 0.15) is 36.4 Å². The van der Waals surface area contributed by atoms with Crippen molar-refractivity contribution >= 4 is 33.3 Å². The number of primary amides is 1. The number of nitrogens with two attached hydrogens (primary N) is 1. The molecule has 1 amide bonds. The Morgan fingerprint density at radius 3 is 3.04 bits per heavy atom. The molecule has 3 heterocycles. The average molecular weight is 415 g/mol. The largest absolute Gasteiger partial charge is 0.369 e. The Balaban J connectivity index is 1.71. The normalized spacial score (nSPS) is 19.7. The van der Waals surface area contributed by atoms with Crippen LogP contribution in [0.4, 0.5) is 5.82 Å². The first-order valence-corrected chi connectivity index (χ1v) is 9.39. The lowest BCUT2D eigenvalue weighted by Crippen LogP contribution is -2.26. The van der Waals surface area contributed by atoms with Gasteiger partial charge in [0.1, 0.15) is 5.82 Å². The molecule has 0 aliphatic heterocycles. The highest BCUT2D eigenvalue weighted by Gasteiger charge is 2.34. The Kier molecular flexibility index (Phi) is 4.58. The number of hydrogen-bond acceptors (Lipinski definition) is 5. The van der Waals surface area contributed by atoms with E-state index in [4.69, 9.17) is 10.7 Å². The molecule has 8 heteroatoms. The summed E-state index contributed by atoms with van der Waals surface area (Å²) < 4.78 is 2.58. The number of anilines is 1. The highest BCUT2D eigenvalue weighted by Crippen LogP contribution is 2.39. The maximum atomic E-state index is 11.8. The van der Waals surface area contributed by atoms with Crippen LogP contribution < -0.4 is 11.1 Å². The van der Waals surface area contributed by atoms with Gasteiger partial charge in [0.25, 0.3) is 0 Å². The average Bonchev–Trinajstić information content (AvgIpc) is 3.28. The first-order valence-electron chi connectivity index (χ1n) is 8.60. The van der Waals surface area contributed by atoms with Crippen molar-refractivity contribution in [3.63, 3.8) is 0 Å². The molecule has 3 aromatic heterocycles. The van der Waals surface area contributed by atoms with Crippen LogP contribution in [0.15, 0.2) is 41.3 Å². The smallest absolute Gasteiger partial charge is 0.221 e. The lowest BCUT2D eigenvalue weighted by atomic mass is 9.92. The van der Waals surface area contributed by atoms with Gasteiger partial charge < -0.3 is 11.1 Å². The molecule has 0 saturated heterocycles. The van der Waals surface area contributed by atoms with Crippen LogP contribution in [-0.4, -0.2) is 25.5 Å². The number of carbonyl (C=O) groups is 1. The number of nitrogens with one attached hydrogen (secondary N) is 1. The molecule has 134 valence electrons. The maximum absolute atomic E-state index is 11.8. The van der Waals surface area contributed by atoms with Crippen LogP contribution in [0.3, 0.4) is 0 Å². The highest BCUT2D eigenvalue weighted by molar-refractivity contribution is 9.10. The Morgan fingerprint density at radius 1 is 1.38 bits per heavy atom. The van der Waals surface area contributed by atoms with Crippen LogP contribution in [-0.2, 0) is 11.3 Å². The van der Waals surface area contributed by atoms with Gasteiger partial charge in [0.2, 0.25) is 5.91 Å². The van der Waals surface area contributed by atoms with E-state index in [0.29, 0.717) is 6.54 Å². The minimum atomic E-state index is -0.244. The summed E-state index contributed by atoms with van der Waals surface area (Å²) in [7, 11) is 0. The number of pyridine rings is 1. The van der Waals surface area contributed by atoms with E-state index in [2.05, 4.69) is 31.3 Å². The van der Waals surface area contributed by atoms with Crippen LogP contribution >= 0.6 is 15.9 Å². The molecule has 1 aliphatic carbocycles. The number of fused-ring (bicyclic) bond motifs is 1. The molecule has 3 aromatic rings. The second-order valence-electron chi connectivity index (χ2n) is 6.56. The van der Waals surface area contributed by atoms with Gasteiger partial charge in [-0.05, 0) is 40.4 Å². The van der Waals surface area contributed by atoms with Gasteiger partial charge in [0.05, 0.1) is 16.4 Å². The SMILES string of the molecule is NC(=O)C1CCCC1c1cc(NCc2cccnc2)n2ncc(Br)c2n1. The highest BCUT2D eigenvalue weighted by atomic mass is 79.9. The molecule has 26 heavy (non-hydrogen) atoms. The third-order valence-electron chi connectivity index (χ3n) is 4.91. The molecule has 1 aliphatic rings. The number of nitrogens with zero attached hydrogens (tertiary/aromatic N) is 4. The van der Waals surface area contributed by atoms with Crippen molar-refractivity contribution in [3.05, 3.63) is 52.5 Å². The molecule has 7 nitrogen and oxygen atoms in total. The van der Waals surface area contributed by atoms with Gasteiger partial charge in [-0.3, -0.25) is 9.78 Å². The van der Waals surface area contributed by atoms with E-state index in [1.165, 1.54) is 0 Å². The van der Waals surface area contributed by atoms with Gasteiger partial charge in [-0.15, -0.1) is 0 Å². The monoisotopic (exact) mass is 414 g/mol. The van der Waals surface area contributed by atoms with Gasteiger partial charge in [0, 0.05) is 36.8 Å². The number of hydrogen-bond donors (Lipinski definition) is 2. The molecule has 0 bridgehead atoms. The van der Waals surface area contributed by atoms with E-state index in [0.717, 1.165) is 46.5 Å². The van der Waals surface area contributed by atoms with Gasteiger partial charge in [-0.1, -0.05) is 12.5 Å². The predicted molar refractivity (Wildman–Crippen MR) is 102 cm³/mol. The summed E-state index contributed by atoms with van der Waals surface area (Å²) in [5.41, 5.74) is 8.29. The minimum Gasteiger partial charge on any atom is -0.369 e. The zero-order valence-corrected chi connectivity index (χ0v) is 15.7. The second-order valence-corrected chi connectivity index (χ2v) is 7.41. The fraction of sp³-hybridized carbons (Fsp3) is 0.333. The van der Waals surface area contributed by atoms with E-state index < -0.39 is 0 Å². The maximum Gasteiger partial charge on any atom is 0.221 e. The molecule has 2 atom stereocenters. The van der Waals surface area contributed by atoms with Gasteiger partial charge in [-0.25, -0.2) is 4.98 Å². The first-order chi connectivity index (χ1) is 12.6. The van der Waals surface area contributed by atoms with Gasteiger partial charge in [0.15, 0.2) is 5.65 Å². The lowest BCUT2D eigenvalue weighted by molar-refractivity contribution is -0.122. The van der Waals surface area contributed by atoms with Gasteiger partial charge in [-0.2, -0.15) is 9.61 Å². The minimum absolute atomic E-state index is 0.0539. The fourth-order valence-electron chi connectivity index (χ4n) is 3.62. The number of rotatable bonds is 5. The predicted octanol–water partition coefficient (Wildman–Crippen LogP) is 2.87. The molecule has 3 N–H and O–H groups in total. The number of halogens is 1. The molecule has 1 fully saturated rings. The molecule has 0 radical (unpaired) electrons. The molecule has 0 spiro atoms. The Bertz CT molecular complexity index is 942. The number of aromatic nitrogens is 4. The van der Waals surface area contributed by atoms with Crippen molar-refractivity contribution in [1.29, 1.82) is 0 Å². The van der Waals surface area contributed by atoms with Gasteiger partial charge >= 0.3 is 0 Å². The van der Waals surface area contributed by atoms with Crippen molar-refractivity contribution in [2.45, 2.75) is 31.7 Å². The molecular formula is C18H19BrN6O. The van der Waals surface area contributed by atoms with E-state index in [9.17, 15) is 4.79 Å². The zero-order chi connectivity index (χ0) is 18.1. The molecular weight excluding hydrogens is 396 g/mol. The van der Waals surface area contributed by atoms with Crippen molar-refractivity contribution in [2.24, 2.45) is 11.7 Å². The summed E-state index contributed by atoms with van der Waals surface area (Å²) in [6, 6.07) is 5.90. The number of carbonyl (C=O) groups excluding carboxylic acids is 1. The Hall–Kier alpha value is -2.48. The quantitative estimate of drug-likeness (QED) is 0.668. The summed E-state index contributed by atoms with van der Waals surface area (Å²) in [6.45, 7) is 0.619. The standard InChI is InChI=1S/C18H19BrN6O/c19-14-10-23-25-16(22-9-11-3-2-6-21-8-11)7-15(24-18(14)25)12-4-1-5-13(12)17(20)26/h2-3,6-8,10,12-13,22H,1,4-5,9H2,(H2,20,26). The van der Waals surface area contributed by atoms with Crippen molar-refractivity contribution < 1.29 is 4.79 Å². The van der Waals surface area contributed by atoms with Crippen LogP contribution in [0.5, 0.6) is 0 Å². The lowest BCUT2D eigenvalue weighted by Gasteiger charge is -2.18. The first kappa shape index (κ1) is 17.0. The van der Waals surface area contributed by atoms with Crippen molar-refractivity contribution in [3.8, 4) is 0 Å². The number of amides is 1. The summed E-state index contributed by atoms with van der Waals surface area (Å²) in [4.78, 5) is 20.7. The summed E-state index contributed by atoms with van der Waals surface area (Å²) in [6.07, 6.45) is 8.04.